The third-order valence-electron chi connectivity index (χ3n) is 4.02. The topological polar surface area (TPSA) is 71.1 Å². The van der Waals surface area contributed by atoms with Crippen molar-refractivity contribution >= 4 is 28.4 Å². The quantitative estimate of drug-likeness (QED) is 0.771. The Kier molecular flexibility index (Phi) is 4.48. The van der Waals surface area contributed by atoms with E-state index in [1.54, 1.807) is 31.3 Å². The van der Waals surface area contributed by atoms with Crippen molar-refractivity contribution in [3.8, 4) is 0 Å². The first-order chi connectivity index (χ1) is 12.0. The maximum absolute atomic E-state index is 12.7. The predicted octanol–water partition coefficient (Wildman–Crippen LogP) is 3.46. The first-order valence-electron chi connectivity index (χ1n) is 7.99. The van der Waals surface area contributed by atoms with Crippen molar-refractivity contribution in [2.45, 2.75) is 13.8 Å². The summed E-state index contributed by atoms with van der Waals surface area (Å²) in [6.45, 7) is 3.82. The van der Waals surface area contributed by atoms with Crippen molar-refractivity contribution < 1.29 is 9.59 Å². The highest BCUT2D eigenvalue weighted by Gasteiger charge is 2.13. The molecule has 0 unspecified atom stereocenters. The van der Waals surface area contributed by atoms with E-state index < -0.39 is 0 Å². The standard InChI is InChI=1S/C20H19N3O2/c1-12-7-8-18-15(9-12)11-17(13(2)22-18)20(25)23-16-6-4-5-14(10-16)19(24)21-3/h4-11H,1-3H3,(H,21,24)(H,23,25). The Hall–Kier alpha value is -3.21. The van der Waals surface area contributed by atoms with Gasteiger partial charge in [0.1, 0.15) is 0 Å². The van der Waals surface area contributed by atoms with Crippen LogP contribution < -0.4 is 10.6 Å². The van der Waals surface area contributed by atoms with E-state index in [4.69, 9.17) is 0 Å². The van der Waals surface area contributed by atoms with Crippen LogP contribution in [-0.2, 0) is 0 Å². The van der Waals surface area contributed by atoms with Crippen molar-refractivity contribution in [3.63, 3.8) is 0 Å². The van der Waals surface area contributed by atoms with Crippen LogP contribution in [0.15, 0.2) is 48.5 Å². The summed E-state index contributed by atoms with van der Waals surface area (Å²) in [7, 11) is 1.57. The fourth-order valence-electron chi connectivity index (χ4n) is 2.70. The lowest BCUT2D eigenvalue weighted by molar-refractivity contribution is 0.0961. The summed E-state index contributed by atoms with van der Waals surface area (Å²) in [6.07, 6.45) is 0. The molecule has 2 aromatic carbocycles. The molecule has 0 atom stereocenters. The number of amides is 2. The number of carbonyl (C=O) groups excluding carboxylic acids is 2. The number of carbonyl (C=O) groups is 2. The molecule has 126 valence electrons. The Morgan fingerprint density at radius 2 is 1.76 bits per heavy atom. The van der Waals surface area contributed by atoms with E-state index in [1.165, 1.54) is 0 Å². The van der Waals surface area contributed by atoms with E-state index in [1.807, 2.05) is 38.1 Å². The molecule has 5 nitrogen and oxygen atoms in total. The van der Waals surface area contributed by atoms with Gasteiger partial charge in [0.15, 0.2) is 0 Å². The highest BCUT2D eigenvalue weighted by atomic mass is 16.2. The minimum atomic E-state index is -0.248. The normalized spacial score (nSPS) is 10.5. The Morgan fingerprint density at radius 1 is 0.960 bits per heavy atom. The number of hydrogen-bond acceptors (Lipinski definition) is 3. The molecule has 0 saturated carbocycles. The number of anilines is 1. The minimum absolute atomic E-state index is 0.199. The second-order valence-electron chi connectivity index (χ2n) is 5.93. The number of aromatic nitrogens is 1. The summed E-state index contributed by atoms with van der Waals surface area (Å²) in [6, 6.07) is 14.6. The maximum Gasteiger partial charge on any atom is 0.257 e. The third-order valence-corrected chi connectivity index (χ3v) is 4.02. The molecule has 3 aromatic rings. The van der Waals surface area contributed by atoms with E-state index in [-0.39, 0.29) is 11.8 Å². The smallest absolute Gasteiger partial charge is 0.257 e. The van der Waals surface area contributed by atoms with Gasteiger partial charge in [0.2, 0.25) is 0 Å². The first-order valence-corrected chi connectivity index (χ1v) is 7.99. The van der Waals surface area contributed by atoms with E-state index >= 15 is 0 Å². The molecule has 2 N–H and O–H groups in total. The zero-order valence-electron chi connectivity index (χ0n) is 14.4. The third kappa shape index (κ3) is 3.50. The summed E-state index contributed by atoms with van der Waals surface area (Å²) in [5.41, 5.74) is 4.21. The van der Waals surface area contributed by atoms with Gasteiger partial charge < -0.3 is 10.6 Å². The first kappa shape index (κ1) is 16.6. The van der Waals surface area contributed by atoms with Gasteiger partial charge in [-0.05, 0) is 50.2 Å². The van der Waals surface area contributed by atoms with Crippen LogP contribution in [0.2, 0.25) is 0 Å². The van der Waals surface area contributed by atoms with Gasteiger partial charge in [-0.2, -0.15) is 0 Å². The van der Waals surface area contributed by atoms with Gasteiger partial charge in [-0.25, -0.2) is 0 Å². The number of nitrogens with one attached hydrogen (secondary N) is 2. The van der Waals surface area contributed by atoms with Gasteiger partial charge >= 0.3 is 0 Å². The molecule has 0 bridgehead atoms. The van der Waals surface area contributed by atoms with Crippen LogP contribution in [0.5, 0.6) is 0 Å². The molecule has 1 heterocycles. The van der Waals surface area contributed by atoms with E-state index in [0.29, 0.717) is 22.5 Å². The van der Waals surface area contributed by atoms with Gasteiger partial charge in [0.05, 0.1) is 16.8 Å². The predicted molar refractivity (Wildman–Crippen MR) is 99.0 cm³/mol. The Morgan fingerprint density at radius 3 is 2.52 bits per heavy atom. The molecule has 2 amide bonds. The van der Waals surface area contributed by atoms with Crippen molar-refractivity contribution in [2.24, 2.45) is 0 Å². The lowest BCUT2D eigenvalue weighted by Crippen LogP contribution is -2.18. The highest BCUT2D eigenvalue weighted by Crippen LogP contribution is 2.20. The average Bonchev–Trinajstić information content (AvgIpc) is 2.61. The lowest BCUT2D eigenvalue weighted by Gasteiger charge is -2.10. The minimum Gasteiger partial charge on any atom is -0.355 e. The summed E-state index contributed by atoms with van der Waals surface area (Å²) in [5, 5.41) is 6.33. The van der Waals surface area contributed by atoms with Crippen molar-refractivity contribution in [1.82, 2.24) is 10.3 Å². The number of nitrogens with zero attached hydrogens (tertiary/aromatic N) is 1. The monoisotopic (exact) mass is 333 g/mol. The van der Waals surface area contributed by atoms with Gasteiger partial charge in [-0.3, -0.25) is 14.6 Å². The number of rotatable bonds is 3. The summed E-state index contributed by atoms with van der Waals surface area (Å²) >= 11 is 0. The molecular weight excluding hydrogens is 314 g/mol. The van der Waals surface area contributed by atoms with E-state index in [9.17, 15) is 9.59 Å². The molecule has 0 spiro atoms. The molecule has 0 saturated heterocycles. The average molecular weight is 333 g/mol. The molecule has 25 heavy (non-hydrogen) atoms. The van der Waals surface area contributed by atoms with Crippen LogP contribution in [-0.4, -0.2) is 23.8 Å². The van der Waals surface area contributed by atoms with Crippen LogP contribution >= 0.6 is 0 Å². The molecule has 0 aliphatic rings. The SMILES string of the molecule is CNC(=O)c1cccc(NC(=O)c2cc3cc(C)ccc3nc2C)c1. The van der Waals surface area contributed by atoms with Gasteiger partial charge in [0.25, 0.3) is 11.8 Å². The van der Waals surface area contributed by atoms with Crippen molar-refractivity contribution in [1.29, 1.82) is 0 Å². The van der Waals surface area contributed by atoms with Crippen LogP contribution in [0.3, 0.4) is 0 Å². The molecule has 3 rings (SSSR count). The van der Waals surface area contributed by atoms with Crippen LogP contribution in [0.4, 0.5) is 5.69 Å². The van der Waals surface area contributed by atoms with Gasteiger partial charge in [-0.15, -0.1) is 0 Å². The molecule has 1 aromatic heterocycles. The summed E-state index contributed by atoms with van der Waals surface area (Å²) in [5.74, 6) is -0.447. The summed E-state index contributed by atoms with van der Waals surface area (Å²) in [4.78, 5) is 28.9. The number of fused-ring (bicyclic) bond motifs is 1. The van der Waals surface area contributed by atoms with Gasteiger partial charge in [-0.1, -0.05) is 17.7 Å². The number of pyridine rings is 1. The Labute approximate surface area is 146 Å². The zero-order valence-corrected chi connectivity index (χ0v) is 14.4. The number of aryl methyl sites for hydroxylation is 2. The van der Waals surface area contributed by atoms with Crippen LogP contribution in [0, 0.1) is 13.8 Å². The Bertz CT molecular complexity index is 980. The number of hydrogen-bond donors (Lipinski definition) is 2. The lowest BCUT2D eigenvalue weighted by atomic mass is 10.1. The van der Waals surface area contributed by atoms with Gasteiger partial charge in [0, 0.05) is 23.7 Å². The second-order valence-corrected chi connectivity index (χ2v) is 5.93. The van der Waals surface area contributed by atoms with Crippen molar-refractivity contribution in [2.75, 3.05) is 12.4 Å². The van der Waals surface area contributed by atoms with E-state index in [0.717, 1.165) is 16.5 Å². The largest absolute Gasteiger partial charge is 0.355 e. The fraction of sp³-hybridized carbons (Fsp3) is 0.150. The second kappa shape index (κ2) is 6.73. The van der Waals surface area contributed by atoms with Crippen LogP contribution in [0.1, 0.15) is 32.0 Å². The molecule has 0 radical (unpaired) electrons. The highest BCUT2D eigenvalue weighted by molar-refractivity contribution is 6.07. The number of benzene rings is 2. The summed E-state index contributed by atoms with van der Waals surface area (Å²) < 4.78 is 0. The zero-order chi connectivity index (χ0) is 18.0. The molecule has 0 fully saturated rings. The van der Waals surface area contributed by atoms with E-state index in [2.05, 4.69) is 15.6 Å². The Balaban J connectivity index is 1.92. The van der Waals surface area contributed by atoms with Crippen LogP contribution in [0.25, 0.3) is 10.9 Å². The molecular formula is C20H19N3O2. The van der Waals surface area contributed by atoms with Crippen molar-refractivity contribution in [3.05, 3.63) is 70.9 Å². The fourth-order valence-corrected chi connectivity index (χ4v) is 2.70. The molecule has 0 aliphatic carbocycles. The molecule has 5 heteroatoms. The maximum atomic E-state index is 12.7. The molecule has 0 aliphatic heterocycles.